The van der Waals surface area contributed by atoms with Crippen LogP contribution in [0.1, 0.15) is 10.4 Å². The van der Waals surface area contributed by atoms with Crippen LogP contribution in [0.2, 0.25) is 0 Å². The molecular weight excluding hydrogens is 169 g/mol. The van der Waals surface area contributed by atoms with Gasteiger partial charge in [-0.1, -0.05) is 0 Å². The molecule has 0 amide bonds. The van der Waals surface area contributed by atoms with Gasteiger partial charge in [-0.05, 0) is 12.1 Å². The molecule has 0 unspecified atom stereocenters. The number of anilines is 1. The van der Waals surface area contributed by atoms with Gasteiger partial charge >= 0.3 is 35.5 Å². The summed E-state index contributed by atoms with van der Waals surface area (Å²) < 4.78 is 0. The van der Waals surface area contributed by atoms with Crippen molar-refractivity contribution < 1.29 is 15.0 Å². The van der Waals surface area contributed by atoms with Crippen molar-refractivity contribution in [2.24, 2.45) is 0 Å². The fourth-order valence-corrected chi connectivity index (χ4v) is 0.730. The van der Waals surface area contributed by atoms with Gasteiger partial charge in [0.15, 0.2) is 0 Å². The zero-order valence-corrected chi connectivity index (χ0v) is 5.61. The van der Waals surface area contributed by atoms with Gasteiger partial charge in [-0.15, -0.1) is 0 Å². The molecule has 4 nitrogen and oxygen atoms in total. The SMILES string of the molecule is Nc1ccc(C(=O)O)c(O)c1.[NaH]. The van der Waals surface area contributed by atoms with E-state index in [1.54, 1.807) is 0 Å². The molecule has 0 fully saturated rings. The minimum atomic E-state index is -1.16. The van der Waals surface area contributed by atoms with Crippen molar-refractivity contribution in [3.63, 3.8) is 0 Å². The first kappa shape index (κ1) is 11.3. The maximum atomic E-state index is 10.3. The fourth-order valence-electron chi connectivity index (χ4n) is 0.730. The Morgan fingerprint density at radius 3 is 2.42 bits per heavy atom. The van der Waals surface area contributed by atoms with Crippen LogP contribution in [-0.2, 0) is 0 Å². The number of nitrogens with two attached hydrogens (primary N) is 1. The summed E-state index contributed by atoms with van der Waals surface area (Å²) in [5, 5.41) is 17.5. The number of carboxylic acids is 1. The van der Waals surface area contributed by atoms with Crippen LogP contribution in [0.5, 0.6) is 5.75 Å². The van der Waals surface area contributed by atoms with Crippen LogP contribution in [0.3, 0.4) is 0 Å². The summed E-state index contributed by atoms with van der Waals surface area (Å²) in [5.74, 6) is -1.47. The second-order valence-electron chi connectivity index (χ2n) is 2.08. The van der Waals surface area contributed by atoms with E-state index in [4.69, 9.17) is 15.9 Å². The predicted molar refractivity (Wildman–Crippen MR) is 46.6 cm³/mol. The van der Waals surface area contributed by atoms with Crippen molar-refractivity contribution in [1.82, 2.24) is 0 Å². The fraction of sp³-hybridized carbons (Fsp3) is 0. The molecule has 0 heterocycles. The van der Waals surface area contributed by atoms with E-state index in [1.165, 1.54) is 18.2 Å². The molecule has 0 saturated heterocycles. The number of phenols is 1. The molecule has 1 rings (SSSR count). The molecule has 1 aromatic rings. The zero-order valence-electron chi connectivity index (χ0n) is 5.61. The van der Waals surface area contributed by atoms with Crippen molar-refractivity contribution in [3.8, 4) is 5.75 Å². The van der Waals surface area contributed by atoms with Crippen LogP contribution in [-0.4, -0.2) is 45.7 Å². The van der Waals surface area contributed by atoms with Crippen LogP contribution < -0.4 is 5.73 Å². The summed E-state index contributed by atoms with van der Waals surface area (Å²) in [6.07, 6.45) is 0. The molecule has 0 saturated carbocycles. The van der Waals surface area contributed by atoms with Crippen LogP contribution in [0.25, 0.3) is 0 Å². The Hall–Kier alpha value is -0.710. The molecule has 0 spiro atoms. The van der Waals surface area contributed by atoms with Crippen LogP contribution >= 0.6 is 0 Å². The normalized spacial score (nSPS) is 8.67. The summed E-state index contributed by atoms with van der Waals surface area (Å²) >= 11 is 0. The quantitative estimate of drug-likeness (QED) is 0.417. The topological polar surface area (TPSA) is 83.6 Å². The molecule has 5 heteroatoms. The van der Waals surface area contributed by atoms with E-state index in [1.807, 2.05) is 0 Å². The number of benzene rings is 1. The van der Waals surface area contributed by atoms with Gasteiger partial charge < -0.3 is 15.9 Å². The van der Waals surface area contributed by atoms with E-state index in [9.17, 15) is 4.79 Å². The number of hydrogen-bond donors (Lipinski definition) is 3. The van der Waals surface area contributed by atoms with E-state index < -0.39 is 5.97 Å². The third-order valence-corrected chi connectivity index (χ3v) is 1.25. The Balaban J connectivity index is 0.00000121. The molecular formula is C7H8NNaO3. The monoisotopic (exact) mass is 177 g/mol. The van der Waals surface area contributed by atoms with Gasteiger partial charge in [0.1, 0.15) is 11.3 Å². The summed E-state index contributed by atoms with van der Waals surface area (Å²) in [6, 6.07) is 3.87. The van der Waals surface area contributed by atoms with Crippen molar-refractivity contribution in [1.29, 1.82) is 0 Å². The first-order valence-corrected chi connectivity index (χ1v) is 2.93. The second kappa shape index (κ2) is 4.35. The summed E-state index contributed by atoms with van der Waals surface area (Å²) in [4.78, 5) is 10.3. The summed E-state index contributed by atoms with van der Waals surface area (Å²) in [7, 11) is 0. The zero-order chi connectivity index (χ0) is 8.43. The molecule has 0 atom stereocenters. The molecule has 0 radical (unpaired) electrons. The minimum absolute atomic E-state index is 0. The summed E-state index contributed by atoms with van der Waals surface area (Å²) in [6.45, 7) is 0. The molecule has 0 aromatic heterocycles. The maximum absolute atomic E-state index is 10.3. The predicted octanol–water partition coefficient (Wildman–Crippen LogP) is 0.0241. The molecule has 12 heavy (non-hydrogen) atoms. The Bertz CT molecular complexity index is 301. The van der Waals surface area contributed by atoms with E-state index in [-0.39, 0.29) is 40.9 Å². The Labute approximate surface area is 91.3 Å². The van der Waals surface area contributed by atoms with E-state index >= 15 is 0 Å². The van der Waals surface area contributed by atoms with Gasteiger partial charge in [0.25, 0.3) is 0 Å². The van der Waals surface area contributed by atoms with Gasteiger partial charge in [-0.3, -0.25) is 0 Å². The van der Waals surface area contributed by atoms with Crippen LogP contribution in [0.4, 0.5) is 5.69 Å². The van der Waals surface area contributed by atoms with E-state index in [2.05, 4.69) is 0 Å². The third-order valence-electron chi connectivity index (χ3n) is 1.25. The van der Waals surface area contributed by atoms with Gasteiger partial charge in [0.05, 0.1) is 0 Å². The molecule has 0 aliphatic carbocycles. The first-order valence-electron chi connectivity index (χ1n) is 2.93. The van der Waals surface area contributed by atoms with Gasteiger partial charge in [0.2, 0.25) is 0 Å². The number of aromatic hydroxyl groups is 1. The van der Waals surface area contributed by atoms with E-state index in [0.29, 0.717) is 5.69 Å². The molecule has 4 N–H and O–H groups in total. The summed E-state index contributed by atoms with van der Waals surface area (Å²) in [5.41, 5.74) is 5.48. The number of rotatable bonds is 1. The van der Waals surface area contributed by atoms with Crippen LogP contribution in [0, 0.1) is 0 Å². The molecule has 60 valence electrons. The molecule has 1 aromatic carbocycles. The average molecular weight is 177 g/mol. The Morgan fingerprint density at radius 2 is 2.00 bits per heavy atom. The molecule has 0 aliphatic heterocycles. The van der Waals surface area contributed by atoms with Gasteiger partial charge in [0, 0.05) is 11.8 Å². The Morgan fingerprint density at radius 1 is 1.42 bits per heavy atom. The standard InChI is InChI=1S/C7H7NO3.Na.H/c8-4-1-2-5(7(10)11)6(9)3-4;;/h1-3,9H,8H2,(H,10,11);;. The molecule has 0 bridgehead atoms. The van der Waals surface area contributed by atoms with Crippen molar-refractivity contribution in [2.45, 2.75) is 0 Å². The van der Waals surface area contributed by atoms with Crippen molar-refractivity contribution in [2.75, 3.05) is 5.73 Å². The average Bonchev–Trinajstić information content (AvgIpc) is 1.85. The number of hydrogen-bond acceptors (Lipinski definition) is 3. The van der Waals surface area contributed by atoms with Crippen molar-refractivity contribution in [3.05, 3.63) is 23.8 Å². The van der Waals surface area contributed by atoms with Crippen molar-refractivity contribution >= 4 is 41.2 Å². The first-order chi connectivity index (χ1) is 5.11. The second-order valence-corrected chi connectivity index (χ2v) is 2.08. The number of carboxylic acid groups (broad SMARTS) is 1. The van der Waals surface area contributed by atoms with E-state index in [0.717, 1.165) is 0 Å². The number of carbonyl (C=O) groups is 1. The van der Waals surface area contributed by atoms with Gasteiger partial charge in [-0.25, -0.2) is 4.79 Å². The number of nitrogen functional groups attached to an aromatic ring is 1. The van der Waals surface area contributed by atoms with Crippen LogP contribution in [0.15, 0.2) is 18.2 Å². The Kier molecular flexibility index (Phi) is 4.09. The molecule has 0 aliphatic rings. The third kappa shape index (κ3) is 2.41. The van der Waals surface area contributed by atoms with Gasteiger partial charge in [-0.2, -0.15) is 0 Å². The number of aromatic carboxylic acids is 1.